The zero-order valence-electron chi connectivity index (χ0n) is 7.94. The van der Waals surface area contributed by atoms with Gasteiger partial charge in [0.2, 0.25) is 0 Å². The van der Waals surface area contributed by atoms with Crippen LogP contribution >= 0.6 is 24.0 Å². The van der Waals surface area contributed by atoms with Crippen LogP contribution in [0.15, 0.2) is 0 Å². The topological polar surface area (TPSA) is 29.5 Å². The summed E-state index contributed by atoms with van der Waals surface area (Å²) < 4.78 is 5.75. The molecule has 2 unspecified atom stereocenters. The molecule has 1 heterocycles. The Morgan fingerprint density at radius 3 is 2.69 bits per heavy atom. The molecule has 0 radical (unpaired) electrons. The molecule has 0 N–H and O–H groups in total. The van der Waals surface area contributed by atoms with Crippen molar-refractivity contribution >= 4 is 34.3 Å². The zero-order valence-corrected chi connectivity index (χ0v) is 9.58. The minimum Gasteiger partial charge on any atom is -0.462 e. The Morgan fingerprint density at radius 1 is 1.69 bits per heavy atom. The summed E-state index contributed by atoms with van der Waals surface area (Å²) in [5, 5.41) is -0.107. The van der Waals surface area contributed by atoms with E-state index in [2.05, 4.69) is 0 Å². The molecule has 1 fully saturated rings. The van der Waals surface area contributed by atoms with Crippen molar-refractivity contribution in [1.29, 1.82) is 0 Å². The maximum absolute atomic E-state index is 11.2. The Balaban J connectivity index is 2.46. The summed E-state index contributed by atoms with van der Waals surface area (Å²) in [7, 11) is 3.75. The van der Waals surface area contributed by atoms with Gasteiger partial charge in [-0.3, -0.25) is 4.79 Å². The SMILES string of the molecule is CC1CC(SC(=S)N(C)C)C(=O)O1. The normalized spacial score (nSPS) is 27.2. The van der Waals surface area contributed by atoms with Crippen molar-refractivity contribution in [1.82, 2.24) is 4.90 Å². The smallest absolute Gasteiger partial charge is 0.319 e. The fraction of sp³-hybridized carbons (Fsp3) is 0.750. The van der Waals surface area contributed by atoms with Gasteiger partial charge in [0.25, 0.3) is 0 Å². The first-order valence-corrected chi connectivity index (χ1v) is 5.38. The number of thiocarbonyl (C=S) groups is 1. The van der Waals surface area contributed by atoms with Crippen LogP contribution < -0.4 is 0 Å². The predicted molar refractivity (Wildman–Crippen MR) is 57.8 cm³/mol. The van der Waals surface area contributed by atoms with Crippen molar-refractivity contribution in [2.24, 2.45) is 0 Å². The fourth-order valence-corrected chi connectivity index (χ4v) is 2.37. The lowest BCUT2D eigenvalue weighted by Crippen LogP contribution is -2.21. The first-order valence-electron chi connectivity index (χ1n) is 4.09. The lowest BCUT2D eigenvalue weighted by atomic mass is 10.3. The summed E-state index contributed by atoms with van der Waals surface area (Å²) in [6, 6.07) is 0. The van der Waals surface area contributed by atoms with Crippen LogP contribution in [-0.2, 0) is 9.53 Å². The van der Waals surface area contributed by atoms with E-state index in [4.69, 9.17) is 17.0 Å². The van der Waals surface area contributed by atoms with Crippen molar-refractivity contribution in [3.63, 3.8) is 0 Å². The second-order valence-corrected chi connectivity index (χ2v) is 5.09. The molecule has 1 aliphatic heterocycles. The molecule has 2 atom stereocenters. The van der Waals surface area contributed by atoms with Crippen molar-refractivity contribution in [2.75, 3.05) is 14.1 Å². The molecule has 0 bridgehead atoms. The molecule has 1 aliphatic rings. The van der Waals surface area contributed by atoms with E-state index in [0.717, 1.165) is 10.7 Å². The van der Waals surface area contributed by atoms with Gasteiger partial charge in [-0.15, -0.1) is 0 Å². The molecule has 13 heavy (non-hydrogen) atoms. The third-order valence-electron chi connectivity index (χ3n) is 1.73. The highest BCUT2D eigenvalue weighted by molar-refractivity contribution is 8.23. The number of hydrogen-bond acceptors (Lipinski definition) is 4. The molecule has 0 aromatic heterocycles. The van der Waals surface area contributed by atoms with Crippen molar-refractivity contribution in [3.05, 3.63) is 0 Å². The number of nitrogens with zero attached hydrogens (tertiary/aromatic N) is 1. The molecule has 0 aromatic carbocycles. The Labute approximate surface area is 87.8 Å². The van der Waals surface area contributed by atoms with E-state index in [1.54, 1.807) is 0 Å². The molecule has 3 nitrogen and oxygen atoms in total. The largest absolute Gasteiger partial charge is 0.462 e. The van der Waals surface area contributed by atoms with Crippen LogP contribution in [0.3, 0.4) is 0 Å². The Kier molecular flexibility index (Phi) is 3.55. The van der Waals surface area contributed by atoms with Crippen molar-refractivity contribution < 1.29 is 9.53 Å². The number of cyclic esters (lactones) is 1. The molecule has 5 heteroatoms. The van der Waals surface area contributed by atoms with Crippen LogP contribution in [0.4, 0.5) is 0 Å². The molecule has 0 aromatic rings. The van der Waals surface area contributed by atoms with Gasteiger partial charge in [-0.1, -0.05) is 24.0 Å². The summed E-state index contributed by atoms with van der Waals surface area (Å²) in [6.07, 6.45) is 0.798. The van der Waals surface area contributed by atoms with E-state index in [-0.39, 0.29) is 17.3 Å². The average molecular weight is 219 g/mol. The maximum Gasteiger partial charge on any atom is 0.319 e. The molecular formula is C8H13NO2S2. The van der Waals surface area contributed by atoms with Gasteiger partial charge in [0.15, 0.2) is 0 Å². The number of rotatable bonds is 1. The summed E-state index contributed by atoms with van der Waals surface area (Å²) >= 11 is 6.50. The minimum atomic E-state index is -0.137. The monoisotopic (exact) mass is 219 g/mol. The van der Waals surface area contributed by atoms with Gasteiger partial charge < -0.3 is 9.64 Å². The predicted octanol–water partition coefficient (Wildman–Crippen LogP) is 1.27. The highest BCUT2D eigenvalue weighted by Crippen LogP contribution is 2.27. The summed E-state index contributed by atoms with van der Waals surface area (Å²) in [5.41, 5.74) is 0. The molecule has 0 spiro atoms. The van der Waals surface area contributed by atoms with Gasteiger partial charge in [-0.2, -0.15) is 0 Å². The fourth-order valence-electron chi connectivity index (χ4n) is 1.04. The van der Waals surface area contributed by atoms with Crippen LogP contribution in [0.2, 0.25) is 0 Å². The highest BCUT2D eigenvalue weighted by atomic mass is 32.2. The second kappa shape index (κ2) is 4.28. The number of hydrogen-bond donors (Lipinski definition) is 0. The van der Waals surface area contributed by atoms with Gasteiger partial charge in [-0.05, 0) is 6.92 Å². The number of carbonyl (C=O) groups excluding carboxylic acids is 1. The molecule has 0 amide bonds. The second-order valence-electron chi connectivity index (χ2n) is 3.25. The quantitative estimate of drug-likeness (QED) is 0.489. The highest BCUT2D eigenvalue weighted by Gasteiger charge is 2.33. The Morgan fingerprint density at radius 2 is 2.31 bits per heavy atom. The van der Waals surface area contributed by atoms with Gasteiger partial charge >= 0.3 is 5.97 Å². The van der Waals surface area contributed by atoms with Crippen LogP contribution in [0.25, 0.3) is 0 Å². The Hall–Kier alpha value is -0.290. The molecule has 1 saturated heterocycles. The number of thioether (sulfide) groups is 1. The molecule has 1 rings (SSSR count). The van der Waals surface area contributed by atoms with Crippen LogP contribution in [0.5, 0.6) is 0 Å². The zero-order chi connectivity index (χ0) is 10.0. The minimum absolute atomic E-state index is 0.0370. The van der Waals surface area contributed by atoms with Gasteiger partial charge in [0, 0.05) is 20.5 Å². The maximum atomic E-state index is 11.2. The van der Waals surface area contributed by atoms with Crippen LogP contribution in [-0.4, -0.2) is 40.6 Å². The first-order chi connectivity index (χ1) is 6.00. The lowest BCUT2D eigenvalue weighted by molar-refractivity contribution is -0.140. The molecule has 74 valence electrons. The van der Waals surface area contributed by atoms with Gasteiger partial charge in [0.05, 0.1) is 0 Å². The third kappa shape index (κ3) is 2.84. The molecule has 0 aliphatic carbocycles. The van der Waals surface area contributed by atoms with E-state index in [9.17, 15) is 4.79 Å². The van der Waals surface area contributed by atoms with Crippen molar-refractivity contribution in [2.45, 2.75) is 24.7 Å². The van der Waals surface area contributed by atoms with E-state index in [0.29, 0.717) is 0 Å². The van der Waals surface area contributed by atoms with Crippen molar-refractivity contribution in [3.8, 4) is 0 Å². The van der Waals surface area contributed by atoms with Crippen LogP contribution in [0.1, 0.15) is 13.3 Å². The molecule has 0 saturated carbocycles. The van der Waals surface area contributed by atoms with Crippen LogP contribution in [0, 0.1) is 0 Å². The van der Waals surface area contributed by atoms with E-state index >= 15 is 0 Å². The summed E-state index contributed by atoms with van der Waals surface area (Å²) in [5.74, 6) is -0.137. The standard InChI is InChI=1S/C8H13NO2S2/c1-5-4-6(7(10)11-5)13-8(12)9(2)3/h5-6H,4H2,1-3H3. The van der Waals surface area contributed by atoms with E-state index in [1.165, 1.54) is 11.8 Å². The first kappa shape index (κ1) is 10.8. The summed E-state index contributed by atoms with van der Waals surface area (Å²) in [4.78, 5) is 13.1. The average Bonchev–Trinajstić information content (AvgIpc) is 2.30. The lowest BCUT2D eigenvalue weighted by Gasteiger charge is -2.14. The number of carbonyl (C=O) groups is 1. The molecular weight excluding hydrogens is 206 g/mol. The van der Waals surface area contributed by atoms with Gasteiger partial charge in [0.1, 0.15) is 15.7 Å². The third-order valence-corrected chi connectivity index (χ3v) is 3.62. The summed E-state index contributed by atoms with van der Waals surface area (Å²) in [6.45, 7) is 1.90. The Bertz CT molecular complexity index is 230. The number of esters is 1. The van der Waals surface area contributed by atoms with Gasteiger partial charge in [-0.25, -0.2) is 0 Å². The number of ether oxygens (including phenoxy) is 1. The van der Waals surface area contributed by atoms with E-state index in [1.807, 2.05) is 25.9 Å². The van der Waals surface area contributed by atoms with E-state index < -0.39 is 0 Å².